The minimum atomic E-state index is -1.14. The third-order valence-corrected chi connectivity index (χ3v) is 6.05. The fourth-order valence-corrected chi connectivity index (χ4v) is 4.61. The number of amides is 1. The predicted molar refractivity (Wildman–Crippen MR) is 137 cm³/mol. The van der Waals surface area contributed by atoms with E-state index < -0.39 is 5.97 Å². The van der Waals surface area contributed by atoms with Crippen molar-refractivity contribution in [3.8, 4) is 23.1 Å². The molecule has 1 aliphatic rings. The monoisotopic (exact) mass is 505 g/mol. The predicted octanol–water partition coefficient (Wildman–Crippen LogP) is 6.08. The van der Waals surface area contributed by atoms with Crippen molar-refractivity contribution in [3.05, 3.63) is 71.5 Å². The Morgan fingerprint density at radius 2 is 1.83 bits per heavy atom. The standard InChI is InChI=1S/C27H24ClN3O5/c1-16(2)35-18-10-8-17(9-11-18)31-21-13-12-19(36-23-6-3-5-22(28)29-23)15-20(21)25(26(31)27(33)34)30-14-4-7-24(30)32/h3,5-6,8-13,15-16H,4,7,14H2,1-2H3,(H,33,34). The molecule has 2 aromatic heterocycles. The van der Waals surface area contributed by atoms with Crippen molar-refractivity contribution in [2.45, 2.75) is 32.8 Å². The van der Waals surface area contributed by atoms with E-state index in [1.165, 1.54) is 0 Å². The van der Waals surface area contributed by atoms with E-state index >= 15 is 0 Å². The number of carbonyl (C=O) groups is 2. The molecule has 1 saturated heterocycles. The molecule has 36 heavy (non-hydrogen) atoms. The van der Waals surface area contributed by atoms with Gasteiger partial charge in [-0.1, -0.05) is 17.7 Å². The summed E-state index contributed by atoms with van der Waals surface area (Å²) in [5.74, 6) is 0.184. The lowest BCUT2D eigenvalue weighted by Crippen LogP contribution is -2.26. The van der Waals surface area contributed by atoms with Crippen LogP contribution in [0.1, 0.15) is 37.2 Å². The first kappa shape index (κ1) is 23.7. The fourth-order valence-electron chi connectivity index (χ4n) is 4.45. The largest absolute Gasteiger partial charge is 0.491 e. The van der Waals surface area contributed by atoms with E-state index in [0.717, 1.165) is 0 Å². The van der Waals surface area contributed by atoms with Crippen LogP contribution < -0.4 is 14.4 Å². The van der Waals surface area contributed by atoms with Gasteiger partial charge in [-0.15, -0.1) is 0 Å². The zero-order valence-electron chi connectivity index (χ0n) is 19.8. The van der Waals surface area contributed by atoms with Crippen LogP contribution in [-0.2, 0) is 4.79 Å². The van der Waals surface area contributed by atoms with Crippen LogP contribution in [0.4, 0.5) is 5.69 Å². The number of anilines is 1. The number of aromatic carboxylic acids is 1. The third kappa shape index (κ3) is 4.47. The minimum Gasteiger partial charge on any atom is -0.491 e. The highest BCUT2D eigenvalue weighted by atomic mass is 35.5. The smallest absolute Gasteiger partial charge is 0.355 e. The van der Waals surface area contributed by atoms with Crippen molar-refractivity contribution >= 4 is 40.1 Å². The van der Waals surface area contributed by atoms with Crippen molar-refractivity contribution in [1.82, 2.24) is 9.55 Å². The maximum atomic E-state index is 12.8. The summed E-state index contributed by atoms with van der Waals surface area (Å²) in [6, 6.07) is 17.5. The van der Waals surface area contributed by atoms with Crippen LogP contribution in [0.25, 0.3) is 16.6 Å². The van der Waals surface area contributed by atoms with E-state index in [0.29, 0.717) is 64.2 Å². The SMILES string of the molecule is CC(C)Oc1ccc(-n2c(C(=O)O)c(N3CCCC3=O)c3cc(Oc4cccc(Cl)n4)ccc32)cc1. The highest BCUT2D eigenvalue weighted by Crippen LogP contribution is 2.41. The molecule has 0 atom stereocenters. The number of pyridine rings is 1. The van der Waals surface area contributed by atoms with Gasteiger partial charge in [0.15, 0.2) is 5.69 Å². The summed E-state index contributed by atoms with van der Waals surface area (Å²) in [7, 11) is 0. The molecular formula is C27H24ClN3O5. The Bertz CT molecular complexity index is 1460. The molecule has 1 amide bonds. The Morgan fingerprint density at radius 1 is 1.08 bits per heavy atom. The number of rotatable bonds is 7. The summed E-state index contributed by atoms with van der Waals surface area (Å²) in [5, 5.41) is 11.2. The summed E-state index contributed by atoms with van der Waals surface area (Å²) in [6.45, 7) is 4.32. The Labute approximate surface area is 212 Å². The fraction of sp³-hybridized carbons (Fsp3) is 0.222. The number of carboxylic acids is 1. The zero-order valence-corrected chi connectivity index (χ0v) is 20.5. The Morgan fingerprint density at radius 3 is 2.47 bits per heavy atom. The van der Waals surface area contributed by atoms with Gasteiger partial charge in [0.1, 0.15) is 16.7 Å². The molecule has 5 rings (SSSR count). The number of halogens is 1. The molecular weight excluding hydrogens is 482 g/mol. The molecule has 0 unspecified atom stereocenters. The molecule has 8 nitrogen and oxygen atoms in total. The molecule has 1 fully saturated rings. The van der Waals surface area contributed by atoms with Gasteiger partial charge in [0.05, 0.1) is 17.3 Å². The second kappa shape index (κ2) is 9.54. The number of nitrogens with zero attached hydrogens (tertiary/aromatic N) is 3. The summed E-state index contributed by atoms with van der Waals surface area (Å²) >= 11 is 5.99. The number of hydrogen-bond acceptors (Lipinski definition) is 5. The molecule has 0 bridgehead atoms. The molecule has 0 spiro atoms. The van der Waals surface area contributed by atoms with Gasteiger partial charge < -0.3 is 24.0 Å². The summed E-state index contributed by atoms with van der Waals surface area (Å²) < 4.78 is 13.3. The maximum Gasteiger partial charge on any atom is 0.355 e. The number of aromatic nitrogens is 2. The van der Waals surface area contributed by atoms with Crippen molar-refractivity contribution in [2.24, 2.45) is 0 Å². The minimum absolute atomic E-state index is 0.0100. The number of benzene rings is 2. The molecule has 1 N–H and O–H groups in total. The molecule has 0 aliphatic carbocycles. The van der Waals surface area contributed by atoms with E-state index in [-0.39, 0.29) is 17.7 Å². The molecule has 0 saturated carbocycles. The first-order valence-corrected chi connectivity index (χ1v) is 12.0. The molecule has 1 aliphatic heterocycles. The van der Waals surface area contributed by atoms with Crippen LogP contribution in [0.3, 0.4) is 0 Å². The van der Waals surface area contributed by atoms with Gasteiger partial charge in [-0.25, -0.2) is 9.78 Å². The van der Waals surface area contributed by atoms with Crippen molar-refractivity contribution in [3.63, 3.8) is 0 Å². The lowest BCUT2D eigenvalue weighted by atomic mass is 10.2. The second-order valence-corrected chi connectivity index (χ2v) is 9.11. The first-order chi connectivity index (χ1) is 17.3. The number of hydrogen-bond donors (Lipinski definition) is 1. The summed E-state index contributed by atoms with van der Waals surface area (Å²) in [4.78, 5) is 31.1. The Kier molecular flexibility index (Phi) is 6.28. The van der Waals surface area contributed by atoms with Gasteiger partial charge in [-0.05, 0) is 68.8 Å². The average molecular weight is 506 g/mol. The van der Waals surface area contributed by atoms with Crippen molar-refractivity contribution < 1.29 is 24.2 Å². The normalized spacial score (nSPS) is 13.6. The first-order valence-electron chi connectivity index (χ1n) is 11.6. The summed E-state index contributed by atoms with van der Waals surface area (Å²) in [6.07, 6.45) is 1.04. The number of carbonyl (C=O) groups excluding carboxylic acids is 1. The topological polar surface area (TPSA) is 93.9 Å². The Balaban J connectivity index is 1.70. The van der Waals surface area contributed by atoms with E-state index in [2.05, 4.69) is 4.98 Å². The Hall–Kier alpha value is -4.04. The number of carboxylic acid groups (broad SMARTS) is 1. The van der Waals surface area contributed by atoms with Gasteiger partial charge in [-0.3, -0.25) is 4.79 Å². The molecule has 0 radical (unpaired) electrons. The zero-order chi connectivity index (χ0) is 25.4. The molecule has 2 aromatic carbocycles. The second-order valence-electron chi connectivity index (χ2n) is 8.73. The lowest BCUT2D eigenvalue weighted by molar-refractivity contribution is -0.117. The van der Waals surface area contributed by atoms with Gasteiger partial charge in [0.25, 0.3) is 0 Å². The average Bonchev–Trinajstić information content (AvgIpc) is 3.39. The van der Waals surface area contributed by atoms with E-state index in [9.17, 15) is 14.7 Å². The van der Waals surface area contributed by atoms with E-state index in [1.54, 1.807) is 70.1 Å². The molecule has 4 aromatic rings. The van der Waals surface area contributed by atoms with Crippen molar-refractivity contribution in [1.29, 1.82) is 0 Å². The summed E-state index contributed by atoms with van der Waals surface area (Å²) in [5.41, 5.74) is 1.63. The van der Waals surface area contributed by atoms with Crippen LogP contribution in [-0.4, -0.2) is 39.2 Å². The van der Waals surface area contributed by atoms with Crippen LogP contribution >= 0.6 is 11.6 Å². The highest BCUT2D eigenvalue weighted by molar-refractivity contribution is 6.29. The van der Waals surface area contributed by atoms with E-state index in [4.69, 9.17) is 21.1 Å². The van der Waals surface area contributed by atoms with Crippen LogP contribution in [0.2, 0.25) is 5.15 Å². The lowest BCUT2D eigenvalue weighted by Gasteiger charge is -2.17. The van der Waals surface area contributed by atoms with Crippen molar-refractivity contribution in [2.75, 3.05) is 11.4 Å². The van der Waals surface area contributed by atoms with Gasteiger partial charge in [-0.2, -0.15) is 0 Å². The quantitative estimate of drug-likeness (QED) is 0.306. The van der Waals surface area contributed by atoms with Gasteiger partial charge in [0, 0.05) is 30.1 Å². The molecule has 9 heteroatoms. The molecule has 184 valence electrons. The van der Waals surface area contributed by atoms with Crippen LogP contribution in [0.5, 0.6) is 17.4 Å². The van der Waals surface area contributed by atoms with E-state index in [1.807, 2.05) is 13.8 Å². The highest BCUT2D eigenvalue weighted by Gasteiger charge is 2.32. The third-order valence-electron chi connectivity index (χ3n) is 5.84. The molecule has 3 heterocycles. The van der Waals surface area contributed by atoms with Gasteiger partial charge in [0.2, 0.25) is 11.8 Å². The number of fused-ring (bicyclic) bond motifs is 1. The number of ether oxygens (including phenoxy) is 2. The van der Waals surface area contributed by atoms with Gasteiger partial charge >= 0.3 is 5.97 Å². The van der Waals surface area contributed by atoms with Crippen LogP contribution in [0, 0.1) is 0 Å². The maximum absolute atomic E-state index is 12.8. The van der Waals surface area contributed by atoms with Crippen LogP contribution in [0.15, 0.2) is 60.7 Å².